The van der Waals surface area contributed by atoms with Gasteiger partial charge in [-0.15, -0.1) is 0 Å². The van der Waals surface area contributed by atoms with E-state index in [9.17, 15) is 22.4 Å². The van der Waals surface area contributed by atoms with Crippen LogP contribution >= 0.6 is 15.9 Å². The molecule has 0 atom stereocenters. The van der Waals surface area contributed by atoms with Gasteiger partial charge in [-0.1, -0.05) is 0 Å². The topological polar surface area (TPSA) is 29.1 Å². The van der Waals surface area contributed by atoms with E-state index in [1.54, 1.807) is 0 Å². The summed E-state index contributed by atoms with van der Waals surface area (Å²) >= 11 is 5.08. The number of carbonyl (C=O) groups is 1. The van der Waals surface area contributed by atoms with Crippen molar-refractivity contribution >= 4 is 48.7 Å². The Hall–Kier alpha value is -1.33. The molecule has 0 aliphatic heterocycles. The molecule has 0 unspecified atom stereocenters. The van der Waals surface area contributed by atoms with E-state index in [4.69, 9.17) is 0 Å². The van der Waals surface area contributed by atoms with Gasteiger partial charge in [0.25, 0.3) is 0 Å². The second-order valence-corrected chi connectivity index (χ2v) is 6.23. The molecule has 0 spiro atoms. The molecular formula is C14H7AsBrF4NO. The number of anilines is 1. The summed E-state index contributed by atoms with van der Waals surface area (Å²) in [5.74, 6) is -1.43. The van der Waals surface area contributed by atoms with E-state index in [0.29, 0.717) is 8.82 Å². The van der Waals surface area contributed by atoms with Crippen molar-refractivity contribution in [3.63, 3.8) is 0 Å². The molecule has 2 nitrogen and oxygen atoms in total. The first-order valence-corrected chi connectivity index (χ1v) is 7.58. The van der Waals surface area contributed by atoms with Crippen molar-refractivity contribution in [2.45, 2.75) is 6.18 Å². The Morgan fingerprint density at radius 1 is 1.14 bits per heavy atom. The molecule has 8 heteroatoms. The molecule has 0 saturated heterocycles. The van der Waals surface area contributed by atoms with E-state index in [0.717, 1.165) is 24.3 Å². The van der Waals surface area contributed by atoms with Gasteiger partial charge in [-0.3, -0.25) is 0 Å². The first kappa shape index (κ1) is 17.0. The van der Waals surface area contributed by atoms with Crippen molar-refractivity contribution in [2.75, 3.05) is 5.32 Å². The Kier molecular flexibility index (Phi) is 4.97. The normalized spacial score (nSPS) is 11.4. The summed E-state index contributed by atoms with van der Waals surface area (Å²) in [7, 11) is 0. The number of amides is 1. The molecule has 0 aromatic heterocycles. The van der Waals surface area contributed by atoms with E-state index >= 15 is 0 Å². The van der Waals surface area contributed by atoms with E-state index in [1.807, 2.05) is 16.9 Å². The second-order valence-electron chi connectivity index (χ2n) is 4.30. The molecule has 1 amide bonds. The standard InChI is InChI=1S/C14H7AsBrF4NO/c15-11-6-8(17)2-4-12(11)21-13(22)9-5-7(16)1-3-10(9)14(18,19)20/h1-6H,(H,21,22). The molecule has 2 rings (SSSR count). The van der Waals surface area contributed by atoms with E-state index in [-0.39, 0.29) is 5.69 Å². The first-order chi connectivity index (χ1) is 10.2. The van der Waals surface area contributed by atoms with Crippen LogP contribution in [0.15, 0.2) is 40.9 Å². The van der Waals surface area contributed by atoms with Crippen LogP contribution in [0.1, 0.15) is 15.9 Å². The van der Waals surface area contributed by atoms with Crippen LogP contribution in [-0.2, 0) is 6.18 Å². The number of benzene rings is 2. The summed E-state index contributed by atoms with van der Waals surface area (Å²) in [5, 5.41) is 2.35. The van der Waals surface area contributed by atoms with E-state index in [1.165, 1.54) is 12.1 Å². The number of nitrogens with one attached hydrogen (secondary N) is 1. The average Bonchev–Trinajstić information content (AvgIpc) is 2.40. The SMILES string of the molecule is O=C(Nc1ccc(F)cc1[As])c1cc(Br)ccc1C(F)(F)F. The molecule has 0 aliphatic carbocycles. The van der Waals surface area contributed by atoms with Gasteiger partial charge < -0.3 is 0 Å². The minimum absolute atomic E-state index is 0.222. The fourth-order valence-electron chi connectivity index (χ4n) is 1.75. The molecule has 2 aromatic rings. The van der Waals surface area contributed by atoms with Crippen LogP contribution in [0.4, 0.5) is 23.2 Å². The van der Waals surface area contributed by atoms with Crippen LogP contribution < -0.4 is 9.67 Å². The summed E-state index contributed by atoms with van der Waals surface area (Å²) in [6, 6.07) is 6.67. The van der Waals surface area contributed by atoms with Crippen molar-refractivity contribution in [1.29, 1.82) is 0 Å². The van der Waals surface area contributed by atoms with Gasteiger partial charge in [0.1, 0.15) is 0 Å². The Labute approximate surface area is 140 Å². The molecule has 0 saturated carbocycles. The van der Waals surface area contributed by atoms with Gasteiger partial charge >= 0.3 is 140 Å². The molecule has 0 heterocycles. The van der Waals surface area contributed by atoms with Gasteiger partial charge in [-0.05, 0) is 0 Å². The molecule has 2 aromatic carbocycles. The summed E-state index contributed by atoms with van der Waals surface area (Å²) in [5.41, 5.74) is -1.33. The van der Waals surface area contributed by atoms with Crippen LogP contribution in [0, 0.1) is 5.82 Å². The van der Waals surface area contributed by atoms with Gasteiger partial charge in [0.2, 0.25) is 0 Å². The van der Waals surface area contributed by atoms with Crippen LogP contribution in [0.5, 0.6) is 0 Å². The minimum atomic E-state index is -4.65. The van der Waals surface area contributed by atoms with E-state index in [2.05, 4.69) is 21.2 Å². The van der Waals surface area contributed by atoms with Crippen LogP contribution in [0.3, 0.4) is 0 Å². The summed E-state index contributed by atoms with van der Waals surface area (Å²) in [4.78, 5) is 12.1. The zero-order chi connectivity index (χ0) is 16.5. The maximum absolute atomic E-state index is 13.0. The molecule has 2 radical (unpaired) electrons. The van der Waals surface area contributed by atoms with Crippen LogP contribution in [0.2, 0.25) is 0 Å². The molecule has 1 N–H and O–H groups in total. The second kappa shape index (κ2) is 6.42. The predicted octanol–water partition coefficient (Wildman–Crippen LogP) is 3.65. The fourth-order valence-corrected chi connectivity index (χ4v) is 2.65. The predicted molar refractivity (Wildman–Crippen MR) is 78.9 cm³/mol. The molecular weight excluding hydrogens is 429 g/mol. The number of rotatable bonds is 2. The summed E-state index contributed by atoms with van der Waals surface area (Å²) in [6.07, 6.45) is -4.65. The van der Waals surface area contributed by atoms with E-state index < -0.39 is 29.0 Å². The molecule has 0 fully saturated rings. The quantitative estimate of drug-likeness (QED) is 0.566. The van der Waals surface area contributed by atoms with Crippen molar-refractivity contribution in [3.8, 4) is 0 Å². The van der Waals surface area contributed by atoms with Crippen molar-refractivity contribution < 1.29 is 22.4 Å². The zero-order valence-corrected chi connectivity index (χ0v) is 14.2. The summed E-state index contributed by atoms with van der Waals surface area (Å²) < 4.78 is 52.6. The first-order valence-electron chi connectivity index (χ1n) is 5.85. The molecule has 0 bridgehead atoms. The van der Waals surface area contributed by atoms with Crippen LogP contribution in [0.25, 0.3) is 0 Å². The molecule has 114 valence electrons. The number of carbonyl (C=O) groups excluding carboxylic acids is 1. The Bertz CT molecular complexity index is 733. The van der Waals surface area contributed by atoms with Crippen molar-refractivity contribution in [3.05, 3.63) is 57.8 Å². The Morgan fingerprint density at radius 2 is 1.82 bits per heavy atom. The van der Waals surface area contributed by atoms with Crippen molar-refractivity contribution in [1.82, 2.24) is 0 Å². The molecule has 0 aliphatic rings. The zero-order valence-electron chi connectivity index (χ0n) is 10.7. The van der Waals surface area contributed by atoms with Gasteiger partial charge in [0.05, 0.1) is 0 Å². The van der Waals surface area contributed by atoms with Crippen molar-refractivity contribution in [2.24, 2.45) is 0 Å². The number of halogens is 5. The third-order valence-corrected chi connectivity index (χ3v) is 4.01. The summed E-state index contributed by atoms with van der Waals surface area (Å²) in [6.45, 7) is 0. The molecule has 22 heavy (non-hydrogen) atoms. The van der Waals surface area contributed by atoms with Gasteiger partial charge in [0, 0.05) is 0 Å². The number of alkyl halides is 3. The van der Waals surface area contributed by atoms with Crippen LogP contribution in [-0.4, -0.2) is 22.8 Å². The third kappa shape index (κ3) is 3.90. The average molecular weight is 436 g/mol. The Balaban J connectivity index is 2.39. The number of hydrogen-bond acceptors (Lipinski definition) is 1. The van der Waals surface area contributed by atoms with Gasteiger partial charge in [-0.25, -0.2) is 0 Å². The maximum atomic E-state index is 13.0. The van der Waals surface area contributed by atoms with Gasteiger partial charge in [-0.2, -0.15) is 0 Å². The number of hydrogen-bond donors (Lipinski definition) is 1. The van der Waals surface area contributed by atoms with Gasteiger partial charge in [0.15, 0.2) is 0 Å². The monoisotopic (exact) mass is 435 g/mol. The Morgan fingerprint density at radius 3 is 2.41 bits per heavy atom. The fraction of sp³-hybridized carbons (Fsp3) is 0.0714. The third-order valence-electron chi connectivity index (χ3n) is 2.74.